The van der Waals surface area contributed by atoms with Gasteiger partial charge in [-0.15, -0.1) is 5.92 Å². The summed E-state index contributed by atoms with van der Waals surface area (Å²) in [5, 5.41) is 10.9. The number of hydrogen-bond donors (Lipinski definition) is 2. The van der Waals surface area contributed by atoms with Crippen molar-refractivity contribution in [1.82, 2.24) is 10.2 Å². The zero-order chi connectivity index (χ0) is 16.7. The van der Waals surface area contributed by atoms with Gasteiger partial charge in [-0.05, 0) is 20.8 Å². The number of hydrogen-bond acceptors (Lipinski definition) is 5. The number of fused-ring (bicyclic) bond motifs is 2. The lowest BCUT2D eigenvalue weighted by molar-refractivity contribution is -0.134. The summed E-state index contributed by atoms with van der Waals surface area (Å²) < 4.78 is 5.13. The second kappa shape index (κ2) is 5.02. The highest BCUT2D eigenvalue weighted by atomic mass is 16.6. The number of carbonyl (C=O) groups is 4. The average molecular weight is 308 g/mol. The van der Waals surface area contributed by atoms with Gasteiger partial charge in [0.05, 0.1) is 0 Å². The predicted octanol–water partition coefficient (Wildman–Crippen LogP) is 0.505. The third-order valence-corrected chi connectivity index (χ3v) is 3.30. The van der Waals surface area contributed by atoms with E-state index in [1.54, 1.807) is 20.8 Å². The molecule has 0 saturated carbocycles. The standard InChI is InChI=1S/C14H16N2O6/c1-13(2,3)22-12(21)16-8-6-4-5-7-14(9(8)17,10(16)18)15-11(19)20/h8,15H,6-7H2,1-3H3,(H,19,20). The molecule has 3 amide bonds. The summed E-state index contributed by atoms with van der Waals surface area (Å²) in [4.78, 5) is 48.9. The van der Waals surface area contributed by atoms with E-state index in [2.05, 4.69) is 11.8 Å². The molecule has 2 atom stereocenters. The highest BCUT2D eigenvalue weighted by Crippen LogP contribution is 2.32. The first-order valence-corrected chi connectivity index (χ1v) is 6.66. The van der Waals surface area contributed by atoms with E-state index in [9.17, 15) is 19.2 Å². The van der Waals surface area contributed by atoms with Gasteiger partial charge in [-0.2, -0.15) is 0 Å². The maximum atomic E-state index is 12.5. The topological polar surface area (TPSA) is 113 Å². The summed E-state index contributed by atoms with van der Waals surface area (Å²) in [6, 6.07) is -1.14. The van der Waals surface area contributed by atoms with Crippen LogP contribution in [0.5, 0.6) is 0 Å². The van der Waals surface area contributed by atoms with E-state index in [0.717, 1.165) is 0 Å². The summed E-state index contributed by atoms with van der Waals surface area (Å²) in [5.74, 6) is 3.64. The fourth-order valence-corrected chi connectivity index (χ4v) is 2.43. The van der Waals surface area contributed by atoms with E-state index in [0.29, 0.717) is 4.90 Å². The van der Waals surface area contributed by atoms with Crippen molar-refractivity contribution in [2.75, 3.05) is 0 Å². The highest BCUT2D eigenvalue weighted by molar-refractivity contribution is 6.24. The van der Waals surface area contributed by atoms with Crippen molar-refractivity contribution in [3.8, 4) is 11.8 Å². The molecular weight excluding hydrogens is 292 g/mol. The molecule has 0 spiro atoms. The Hall–Kier alpha value is -2.56. The minimum Gasteiger partial charge on any atom is -0.465 e. The fourth-order valence-electron chi connectivity index (χ4n) is 2.43. The SMILES string of the molecule is CC(C)(C)OC(=O)N1C(=O)C2(NC(=O)O)CC#CCC1C2=O. The van der Waals surface area contributed by atoms with Gasteiger partial charge in [0.1, 0.15) is 11.6 Å². The molecule has 2 N–H and O–H groups in total. The normalized spacial score (nSPS) is 26.9. The van der Waals surface area contributed by atoms with E-state index < -0.39 is 41.1 Å². The quantitative estimate of drug-likeness (QED) is 0.539. The number of carbonyl (C=O) groups excluding carboxylic acids is 3. The maximum absolute atomic E-state index is 12.5. The minimum absolute atomic E-state index is 0.0349. The third kappa shape index (κ3) is 2.50. The van der Waals surface area contributed by atoms with Crippen molar-refractivity contribution in [3.63, 3.8) is 0 Å². The first kappa shape index (κ1) is 15.8. The Morgan fingerprint density at radius 1 is 1.36 bits per heavy atom. The van der Waals surface area contributed by atoms with Crippen LogP contribution in [0.4, 0.5) is 9.59 Å². The first-order chi connectivity index (χ1) is 10.1. The number of likely N-dealkylation sites (tertiary alicyclic amines) is 1. The lowest BCUT2D eigenvalue weighted by Crippen LogP contribution is -2.58. The van der Waals surface area contributed by atoms with Crippen LogP contribution in [0.3, 0.4) is 0 Å². The molecule has 0 aromatic carbocycles. The molecule has 1 saturated heterocycles. The number of nitrogens with one attached hydrogen (secondary N) is 1. The molecule has 0 radical (unpaired) electrons. The van der Waals surface area contributed by atoms with Crippen LogP contribution >= 0.6 is 0 Å². The van der Waals surface area contributed by atoms with Gasteiger partial charge in [0.15, 0.2) is 11.3 Å². The molecule has 1 fully saturated rings. The van der Waals surface area contributed by atoms with E-state index in [1.807, 2.05) is 5.32 Å². The Morgan fingerprint density at radius 2 is 2.00 bits per heavy atom. The molecule has 8 nitrogen and oxygen atoms in total. The van der Waals surface area contributed by atoms with E-state index >= 15 is 0 Å². The van der Waals surface area contributed by atoms with E-state index in [1.165, 1.54) is 0 Å². The minimum atomic E-state index is -2.03. The van der Waals surface area contributed by atoms with Crippen LogP contribution in [0.25, 0.3) is 0 Å². The summed E-state index contributed by atoms with van der Waals surface area (Å²) in [7, 11) is 0. The molecule has 2 bridgehead atoms. The monoisotopic (exact) mass is 308 g/mol. The van der Waals surface area contributed by atoms with Crippen molar-refractivity contribution in [2.24, 2.45) is 0 Å². The zero-order valence-electron chi connectivity index (χ0n) is 12.4. The number of nitrogens with zero attached hydrogens (tertiary/aromatic N) is 1. The fraction of sp³-hybridized carbons (Fsp3) is 0.571. The summed E-state index contributed by atoms with van der Waals surface area (Å²) >= 11 is 0. The Balaban J connectivity index is 2.41. The van der Waals surface area contributed by atoms with Crippen LogP contribution < -0.4 is 5.32 Å². The second-order valence-electron chi connectivity index (χ2n) is 6.11. The molecule has 1 aliphatic carbocycles. The van der Waals surface area contributed by atoms with Gasteiger partial charge < -0.3 is 9.84 Å². The predicted molar refractivity (Wildman–Crippen MR) is 72.8 cm³/mol. The zero-order valence-corrected chi connectivity index (χ0v) is 12.4. The third-order valence-electron chi connectivity index (χ3n) is 3.30. The van der Waals surface area contributed by atoms with Gasteiger partial charge in [-0.3, -0.25) is 14.9 Å². The Bertz CT molecular complexity index is 623. The van der Waals surface area contributed by atoms with Crippen LogP contribution in [0.15, 0.2) is 0 Å². The molecule has 0 aromatic rings. The van der Waals surface area contributed by atoms with Gasteiger partial charge in [0.2, 0.25) is 0 Å². The van der Waals surface area contributed by atoms with Gasteiger partial charge in [-0.25, -0.2) is 14.5 Å². The summed E-state index contributed by atoms with van der Waals surface area (Å²) in [6.07, 6.45) is -2.84. The maximum Gasteiger partial charge on any atom is 0.417 e. The van der Waals surface area contributed by atoms with Crippen LogP contribution in [0.1, 0.15) is 33.6 Å². The Labute approximate surface area is 126 Å². The molecule has 0 aromatic heterocycles. The van der Waals surface area contributed by atoms with Crippen LogP contribution in [0, 0.1) is 11.8 Å². The summed E-state index contributed by atoms with van der Waals surface area (Å²) in [5.41, 5.74) is -2.89. The second-order valence-corrected chi connectivity index (χ2v) is 6.11. The molecule has 118 valence electrons. The first-order valence-electron chi connectivity index (χ1n) is 6.66. The molecule has 1 aliphatic heterocycles. The van der Waals surface area contributed by atoms with Gasteiger partial charge in [0, 0.05) is 12.8 Å². The number of imide groups is 1. The number of rotatable bonds is 1. The van der Waals surface area contributed by atoms with Gasteiger partial charge in [0.25, 0.3) is 5.91 Å². The van der Waals surface area contributed by atoms with Crippen molar-refractivity contribution in [2.45, 2.75) is 50.8 Å². The molecule has 2 unspecified atom stereocenters. The number of amides is 3. The van der Waals surface area contributed by atoms with Crippen molar-refractivity contribution < 1.29 is 29.0 Å². The lowest BCUT2D eigenvalue weighted by atomic mass is 9.91. The number of carboxylic acid groups (broad SMARTS) is 1. The average Bonchev–Trinajstić information content (AvgIpc) is 2.45. The Kier molecular flexibility index (Phi) is 3.61. The molecule has 22 heavy (non-hydrogen) atoms. The molecule has 2 aliphatic rings. The smallest absolute Gasteiger partial charge is 0.417 e. The molecule has 8 heteroatoms. The van der Waals surface area contributed by atoms with Crippen LogP contribution in [-0.4, -0.2) is 51.1 Å². The van der Waals surface area contributed by atoms with Crippen LogP contribution in [0.2, 0.25) is 0 Å². The highest BCUT2D eigenvalue weighted by Gasteiger charge is 2.62. The van der Waals surface area contributed by atoms with E-state index in [-0.39, 0.29) is 12.8 Å². The molecule has 2 rings (SSSR count). The lowest BCUT2D eigenvalue weighted by Gasteiger charge is -2.27. The summed E-state index contributed by atoms with van der Waals surface area (Å²) in [6.45, 7) is 4.87. The Morgan fingerprint density at radius 3 is 2.55 bits per heavy atom. The van der Waals surface area contributed by atoms with E-state index in [4.69, 9.17) is 9.84 Å². The largest absolute Gasteiger partial charge is 0.465 e. The van der Waals surface area contributed by atoms with Crippen LogP contribution in [-0.2, 0) is 14.3 Å². The number of Topliss-reactive ketones (excluding diaryl/α,β-unsaturated/α-hetero) is 1. The number of ketones is 1. The van der Waals surface area contributed by atoms with Gasteiger partial charge >= 0.3 is 12.2 Å². The molecular formula is C14H16N2O6. The van der Waals surface area contributed by atoms with Crippen molar-refractivity contribution in [3.05, 3.63) is 0 Å². The van der Waals surface area contributed by atoms with Crippen molar-refractivity contribution in [1.29, 1.82) is 0 Å². The number of ether oxygens (including phenoxy) is 1. The van der Waals surface area contributed by atoms with Crippen molar-refractivity contribution >= 4 is 23.9 Å². The van der Waals surface area contributed by atoms with Gasteiger partial charge in [-0.1, -0.05) is 5.92 Å². The molecule has 1 heterocycles.